The van der Waals surface area contributed by atoms with Gasteiger partial charge in [0.15, 0.2) is 5.79 Å². The molecular weight excluding hydrogens is 202 g/mol. The highest BCUT2D eigenvalue weighted by Crippen LogP contribution is 2.58. The molecule has 3 aliphatic rings. The van der Waals surface area contributed by atoms with Gasteiger partial charge in [-0.3, -0.25) is 0 Å². The van der Waals surface area contributed by atoms with Gasteiger partial charge in [0.2, 0.25) is 0 Å². The van der Waals surface area contributed by atoms with Crippen molar-refractivity contribution >= 4 is 0 Å². The summed E-state index contributed by atoms with van der Waals surface area (Å²) in [6, 6.07) is 0.719. The zero-order valence-corrected chi connectivity index (χ0v) is 10.6. The van der Waals surface area contributed by atoms with Crippen LogP contribution in [0.3, 0.4) is 0 Å². The number of fused-ring (bicyclic) bond motifs is 2. The van der Waals surface area contributed by atoms with Crippen molar-refractivity contribution in [2.45, 2.75) is 70.5 Å². The molecule has 0 amide bonds. The summed E-state index contributed by atoms with van der Waals surface area (Å²) in [5.41, 5.74) is 0.436. The first-order valence-electron chi connectivity index (χ1n) is 6.64. The van der Waals surface area contributed by atoms with Gasteiger partial charge in [-0.2, -0.15) is 0 Å². The molecule has 92 valence electrons. The zero-order valence-electron chi connectivity index (χ0n) is 10.6. The van der Waals surface area contributed by atoms with Crippen LogP contribution in [0.25, 0.3) is 0 Å². The first-order valence-corrected chi connectivity index (χ1v) is 6.64. The molecule has 0 radical (unpaired) electrons. The molecule has 0 bridgehead atoms. The van der Waals surface area contributed by atoms with Gasteiger partial charge in [-0.1, -0.05) is 6.92 Å². The van der Waals surface area contributed by atoms with Gasteiger partial charge in [-0.05, 0) is 46.1 Å². The number of ether oxygens (including phenoxy) is 2. The topological polar surface area (TPSA) is 30.5 Å². The summed E-state index contributed by atoms with van der Waals surface area (Å²) in [6.45, 7) is 7.34. The molecule has 1 heterocycles. The second-order valence-corrected chi connectivity index (χ2v) is 6.16. The molecule has 3 heteroatoms. The second-order valence-electron chi connectivity index (χ2n) is 6.16. The molecule has 0 aromatic heterocycles. The van der Waals surface area contributed by atoms with E-state index in [1.807, 2.05) is 13.8 Å². The molecule has 1 saturated heterocycles. The van der Waals surface area contributed by atoms with Crippen molar-refractivity contribution in [2.75, 3.05) is 6.54 Å². The molecule has 1 aliphatic heterocycles. The normalized spacial score (nSPS) is 49.3. The molecule has 2 aliphatic carbocycles. The van der Waals surface area contributed by atoms with Gasteiger partial charge in [-0.15, -0.1) is 0 Å². The summed E-state index contributed by atoms with van der Waals surface area (Å²) < 4.78 is 12.1. The molecule has 0 aromatic rings. The van der Waals surface area contributed by atoms with Crippen LogP contribution in [-0.2, 0) is 9.47 Å². The molecule has 2 atom stereocenters. The fourth-order valence-corrected chi connectivity index (χ4v) is 3.93. The number of rotatable bonds is 2. The van der Waals surface area contributed by atoms with Gasteiger partial charge in [-0.25, -0.2) is 0 Å². The minimum atomic E-state index is -0.355. The van der Waals surface area contributed by atoms with Crippen molar-refractivity contribution in [1.82, 2.24) is 5.32 Å². The maximum absolute atomic E-state index is 6.11. The Kier molecular flexibility index (Phi) is 2.36. The monoisotopic (exact) mass is 225 g/mol. The summed E-state index contributed by atoms with van der Waals surface area (Å²) >= 11 is 0. The SMILES string of the molecule is CCNC1CC2(CC[C@@H]3OC(C)(C)O[C@@H]32)C1. The average molecular weight is 225 g/mol. The summed E-state index contributed by atoms with van der Waals surface area (Å²) in [5.74, 6) is -0.355. The first kappa shape index (κ1) is 11.0. The highest BCUT2D eigenvalue weighted by molar-refractivity contribution is 5.10. The molecule has 3 fully saturated rings. The Morgan fingerprint density at radius 1 is 1.25 bits per heavy atom. The van der Waals surface area contributed by atoms with E-state index in [4.69, 9.17) is 9.47 Å². The average Bonchev–Trinajstić information content (AvgIpc) is 2.59. The van der Waals surface area contributed by atoms with Crippen molar-refractivity contribution in [3.63, 3.8) is 0 Å². The molecule has 1 N–H and O–H groups in total. The smallest absolute Gasteiger partial charge is 0.163 e. The third kappa shape index (κ3) is 1.52. The Hall–Kier alpha value is -0.120. The lowest BCUT2D eigenvalue weighted by atomic mass is 9.63. The van der Waals surface area contributed by atoms with Crippen LogP contribution >= 0.6 is 0 Å². The lowest BCUT2D eigenvalue weighted by molar-refractivity contribution is -0.175. The van der Waals surface area contributed by atoms with Crippen molar-refractivity contribution in [3.05, 3.63) is 0 Å². The fraction of sp³-hybridized carbons (Fsp3) is 1.00. The van der Waals surface area contributed by atoms with Gasteiger partial charge in [0.25, 0.3) is 0 Å². The number of hydrogen-bond donors (Lipinski definition) is 1. The van der Waals surface area contributed by atoms with Crippen molar-refractivity contribution < 1.29 is 9.47 Å². The molecule has 3 rings (SSSR count). The lowest BCUT2D eigenvalue weighted by Gasteiger charge is -2.48. The van der Waals surface area contributed by atoms with Crippen LogP contribution in [0.2, 0.25) is 0 Å². The van der Waals surface area contributed by atoms with Crippen molar-refractivity contribution in [1.29, 1.82) is 0 Å². The van der Waals surface area contributed by atoms with Crippen LogP contribution in [0.1, 0.15) is 46.5 Å². The van der Waals surface area contributed by atoms with E-state index in [0.29, 0.717) is 17.6 Å². The molecule has 0 aromatic carbocycles. The third-order valence-electron chi connectivity index (χ3n) is 4.51. The Labute approximate surface area is 97.9 Å². The molecule has 0 unspecified atom stereocenters. The van der Waals surface area contributed by atoms with Crippen LogP contribution in [0, 0.1) is 5.41 Å². The van der Waals surface area contributed by atoms with Crippen LogP contribution in [-0.4, -0.2) is 30.6 Å². The van der Waals surface area contributed by atoms with Crippen molar-refractivity contribution in [2.24, 2.45) is 5.41 Å². The Morgan fingerprint density at radius 2 is 2.00 bits per heavy atom. The number of nitrogens with one attached hydrogen (secondary N) is 1. The molecule has 2 saturated carbocycles. The van der Waals surface area contributed by atoms with E-state index in [0.717, 1.165) is 12.6 Å². The van der Waals surface area contributed by atoms with Gasteiger partial charge in [0, 0.05) is 11.5 Å². The predicted octanol–water partition coefficient (Wildman–Crippen LogP) is 2.06. The third-order valence-corrected chi connectivity index (χ3v) is 4.51. The van der Waals surface area contributed by atoms with Crippen LogP contribution in [0.5, 0.6) is 0 Å². The maximum Gasteiger partial charge on any atom is 0.163 e. The van der Waals surface area contributed by atoms with Crippen LogP contribution in [0.15, 0.2) is 0 Å². The minimum absolute atomic E-state index is 0.355. The Bertz CT molecular complexity index is 284. The maximum atomic E-state index is 6.11. The fourth-order valence-electron chi connectivity index (χ4n) is 3.93. The second kappa shape index (κ2) is 3.44. The van der Waals surface area contributed by atoms with E-state index >= 15 is 0 Å². The van der Waals surface area contributed by atoms with E-state index in [9.17, 15) is 0 Å². The molecule has 16 heavy (non-hydrogen) atoms. The Morgan fingerprint density at radius 3 is 2.69 bits per heavy atom. The van der Waals surface area contributed by atoms with Crippen LogP contribution in [0.4, 0.5) is 0 Å². The molecule has 3 nitrogen and oxygen atoms in total. The molecular formula is C13H23NO2. The largest absolute Gasteiger partial charge is 0.345 e. The van der Waals surface area contributed by atoms with E-state index in [2.05, 4.69) is 12.2 Å². The van der Waals surface area contributed by atoms with Gasteiger partial charge >= 0.3 is 0 Å². The minimum Gasteiger partial charge on any atom is -0.345 e. The summed E-state index contributed by atoms with van der Waals surface area (Å²) in [6.07, 6.45) is 5.76. The Balaban J connectivity index is 1.67. The summed E-state index contributed by atoms with van der Waals surface area (Å²) in [7, 11) is 0. The summed E-state index contributed by atoms with van der Waals surface area (Å²) in [4.78, 5) is 0. The molecule has 1 spiro atoms. The van der Waals surface area contributed by atoms with E-state index in [-0.39, 0.29) is 5.79 Å². The van der Waals surface area contributed by atoms with Gasteiger partial charge < -0.3 is 14.8 Å². The van der Waals surface area contributed by atoms with Crippen LogP contribution < -0.4 is 5.32 Å². The van der Waals surface area contributed by atoms with E-state index in [1.165, 1.54) is 25.7 Å². The zero-order chi connectivity index (χ0) is 11.4. The number of hydrogen-bond acceptors (Lipinski definition) is 3. The summed E-state index contributed by atoms with van der Waals surface area (Å²) in [5, 5.41) is 3.54. The van der Waals surface area contributed by atoms with E-state index in [1.54, 1.807) is 0 Å². The van der Waals surface area contributed by atoms with Gasteiger partial charge in [0.1, 0.15) is 0 Å². The lowest BCUT2D eigenvalue weighted by Crippen LogP contribution is -2.53. The first-order chi connectivity index (χ1) is 7.55. The standard InChI is InChI=1S/C13H23NO2/c1-4-14-9-7-13(8-9)6-5-10-11(13)16-12(2,3)15-10/h9-11,14H,4-8H2,1-3H3/t9?,10-,11-,13?/m0/s1. The highest BCUT2D eigenvalue weighted by Gasteiger charge is 2.61. The van der Waals surface area contributed by atoms with Gasteiger partial charge in [0.05, 0.1) is 12.2 Å². The van der Waals surface area contributed by atoms with Crippen molar-refractivity contribution in [3.8, 4) is 0 Å². The quantitative estimate of drug-likeness (QED) is 0.780. The predicted molar refractivity (Wildman–Crippen MR) is 62.2 cm³/mol. The van der Waals surface area contributed by atoms with E-state index < -0.39 is 0 Å². The highest BCUT2D eigenvalue weighted by atomic mass is 16.8.